The predicted molar refractivity (Wildman–Crippen MR) is 72.9 cm³/mol. The average molecular weight is 248 g/mol. The number of amides is 1. The molecule has 17 heavy (non-hydrogen) atoms. The van der Waals surface area contributed by atoms with E-state index in [1.165, 1.54) is 0 Å². The van der Waals surface area contributed by atoms with Crippen LogP contribution in [0.2, 0.25) is 0 Å². The van der Waals surface area contributed by atoms with Gasteiger partial charge in [-0.2, -0.15) is 0 Å². The van der Waals surface area contributed by atoms with E-state index in [2.05, 4.69) is 5.32 Å². The smallest absolute Gasteiger partial charge is 0.237 e. The number of nitrogens with one attached hydrogen (secondary N) is 1. The van der Waals surface area contributed by atoms with Crippen LogP contribution >= 0.6 is 12.2 Å². The molecular weight excluding hydrogens is 232 g/mol. The fourth-order valence-electron chi connectivity index (χ4n) is 2.07. The van der Waals surface area contributed by atoms with E-state index in [1.54, 1.807) is 0 Å². The van der Waals surface area contributed by atoms with Crippen molar-refractivity contribution in [3.05, 3.63) is 29.8 Å². The molecule has 0 radical (unpaired) electrons. The van der Waals surface area contributed by atoms with Gasteiger partial charge in [0.1, 0.15) is 0 Å². The van der Waals surface area contributed by atoms with Crippen molar-refractivity contribution in [3.63, 3.8) is 0 Å². The summed E-state index contributed by atoms with van der Waals surface area (Å²) in [7, 11) is 0. The lowest BCUT2D eigenvalue weighted by Gasteiger charge is -2.39. The molecule has 1 aliphatic rings. The van der Waals surface area contributed by atoms with Crippen molar-refractivity contribution >= 4 is 28.8 Å². The minimum absolute atomic E-state index is 0.0643. The van der Waals surface area contributed by atoms with Gasteiger partial charge in [-0.25, -0.2) is 0 Å². The Hall–Kier alpha value is -1.42. The highest BCUT2D eigenvalue weighted by molar-refractivity contribution is 7.80. The molecule has 0 heterocycles. The van der Waals surface area contributed by atoms with E-state index < -0.39 is 5.41 Å². The molecule has 0 unspecified atom stereocenters. The van der Waals surface area contributed by atoms with Crippen molar-refractivity contribution in [1.82, 2.24) is 0 Å². The first-order valence-corrected chi connectivity index (χ1v) is 6.14. The number of para-hydroxylation sites is 1. The lowest BCUT2D eigenvalue weighted by atomic mass is 9.68. The van der Waals surface area contributed by atoms with E-state index in [4.69, 9.17) is 18.0 Å². The Labute approximate surface area is 106 Å². The normalized spacial score (nSPS) is 17.0. The van der Waals surface area contributed by atoms with Gasteiger partial charge < -0.3 is 11.1 Å². The summed E-state index contributed by atoms with van der Waals surface area (Å²) in [5.74, 6) is -0.0643. The minimum Gasteiger partial charge on any atom is -0.392 e. The van der Waals surface area contributed by atoms with Crippen LogP contribution in [0.3, 0.4) is 0 Å². The maximum atomic E-state index is 12.2. The van der Waals surface area contributed by atoms with Crippen LogP contribution in [0.5, 0.6) is 0 Å². The Morgan fingerprint density at radius 2 is 2.06 bits per heavy atom. The van der Waals surface area contributed by atoms with Crippen molar-refractivity contribution in [3.8, 4) is 0 Å². The molecule has 0 spiro atoms. The van der Waals surface area contributed by atoms with Crippen molar-refractivity contribution in [2.45, 2.75) is 26.2 Å². The summed E-state index contributed by atoms with van der Waals surface area (Å²) >= 11 is 5.02. The monoisotopic (exact) mass is 248 g/mol. The Balaban J connectivity index is 2.17. The molecule has 0 bridgehead atoms. The molecule has 2 rings (SSSR count). The van der Waals surface area contributed by atoms with Crippen LogP contribution in [0.25, 0.3) is 0 Å². The molecule has 4 heteroatoms. The highest BCUT2D eigenvalue weighted by Gasteiger charge is 2.46. The Bertz CT molecular complexity index is 466. The van der Waals surface area contributed by atoms with Gasteiger partial charge in [-0.15, -0.1) is 0 Å². The quantitative estimate of drug-likeness (QED) is 0.808. The van der Waals surface area contributed by atoms with E-state index in [-0.39, 0.29) is 5.91 Å². The van der Waals surface area contributed by atoms with Crippen LogP contribution in [-0.4, -0.2) is 10.9 Å². The molecule has 1 aliphatic carbocycles. The molecule has 0 aliphatic heterocycles. The Morgan fingerprint density at radius 3 is 2.53 bits per heavy atom. The highest BCUT2D eigenvalue weighted by atomic mass is 32.1. The molecule has 0 saturated heterocycles. The molecule has 90 valence electrons. The Morgan fingerprint density at radius 1 is 1.41 bits per heavy atom. The standard InChI is InChI=1S/C13H16N2OS/c1-9-5-2-3-6-10(9)15-12(16)13(11(14)17)7-4-8-13/h2-3,5-6H,4,7-8H2,1H3,(H2,14,17)(H,15,16). The first kappa shape index (κ1) is 12.0. The molecule has 1 fully saturated rings. The second-order valence-corrected chi connectivity index (χ2v) is 5.01. The van der Waals surface area contributed by atoms with E-state index in [0.29, 0.717) is 4.99 Å². The van der Waals surface area contributed by atoms with Gasteiger partial charge in [0.2, 0.25) is 5.91 Å². The molecule has 1 aromatic rings. The van der Waals surface area contributed by atoms with Gasteiger partial charge in [0.15, 0.2) is 0 Å². The zero-order chi connectivity index (χ0) is 12.5. The second-order valence-electron chi connectivity index (χ2n) is 4.57. The zero-order valence-electron chi connectivity index (χ0n) is 9.82. The van der Waals surface area contributed by atoms with Gasteiger partial charge >= 0.3 is 0 Å². The maximum Gasteiger partial charge on any atom is 0.237 e. The van der Waals surface area contributed by atoms with E-state index >= 15 is 0 Å². The molecule has 0 atom stereocenters. The fraction of sp³-hybridized carbons (Fsp3) is 0.385. The highest BCUT2D eigenvalue weighted by Crippen LogP contribution is 2.42. The lowest BCUT2D eigenvalue weighted by molar-refractivity contribution is -0.125. The van der Waals surface area contributed by atoms with E-state index in [1.807, 2.05) is 31.2 Å². The first-order valence-electron chi connectivity index (χ1n) is 5.73. The molecule has 1 aromatic carbocycles. The summed E-state index contributed by atoms with van der Waals surface area (Å²) in [6, 6.07) is 7.69. The fourth-order valence-corrected chi connectivity index (χ4v) is 2.37. The zero-order valence-corrected chi connectivity index (χ0v) is 10.6. The number of carbonyl (C=O) groups is 1. The van der Waals surface area contributed by atoms with Crippen molar-refractivity contribution in [2.24, 2.45) is 11.1 Å². The van der Waals surface area contributed by atoms with Crippen LogP contribution in [0.15, 0.2) is 24.3 Å². The van der Waals surface area contributed by atoms with Crippen molar-refractivity contribution < 1.29 is 4.79 Å². The predicted octanol–water partition coefficient (Wildman–Crippen LogP) is 2.39. The number of hydrogen-bond donors (Lipinski definition) is 2. The number of nitrogens with two attached hydrogens (primary N) is 1. The molecule has 3 N–H and O–H groups in total. The molecule has 3 nitrogen and oxygen atoms in total. The van der Waals surface area contributed by atoms with Gasteiger partial charge in [-0.3, -0.25) is 4.79 Å². The third-order valence-electron chi connectivity index (χ3n) is 3.51. The molecule has 0 aromatic heterocycles. The third kappa shape index (κ3) is 2.05. The summed E-state index contributed by atoms with van der Waals surface area (Å²) < 4.78 is 0. The Kier molecular flexibility index (Phi) is 3.15. The topological polar surface area (TPSA) is 55.1 Å². The van der Waals surface area contributed by atoms with Crippen LogP contribution < -0.4 is 11.1 Å². The lowest BCUT2D eigenvalue weighted by Crippen LogP contribution is -2.50. The average Bonchev–Trinajstić information content (AvgIpc) is 2.19. The SMILES string of the molecule is Cc1ccccc1NC(=O)C1(C(N)=S)CCC1. The number of rotatable bonds is 3. The van der Waals surface area contributed by atoms with Crippen molar-refractivity contribution in [1.29, 1.82) is 0 Å². The van der Waals surface area contributed by atoms with E-state index in [0.717, 1.165) is 30.5 Å². The van der Waals surface area contributed by atoms with Gasteiger partial charge in [-0.05, 0) is 31.4 Å². The number of aryl methyl sites for hydroxylation is 1. The number of hydrogen-bond acceptors (Lipinski definition) is 2. The second kappa shape index (κ2) is 4.45. The van der Waals surface area contributed by atoms with Crippen molar-refractivity contribution in [2.75, 3.05) is 5.32 Å². The molecule has 1 saturated carbocycles. The van der Waals surface area contributed by atoms with Crippen LogP contribution in [0.4, 0.5) is 5.69 Å². The van der Waals surface area contributed by atoms with Gasteiger partial charge in [0.25, 0.3) is 0 Å². The molecule has 1 amide bonds. The summed E-state index contributed by atoms with van der Waals surface area (Å²) in [5.41, 5.74) is 6.96. The summed E-state index contributed by atoms with van der Waals surface area (Å²) in [6.45, 7) is 1.96. The van der Waals surface area contributed by atoms with Gasteiger partial charge in [0.05, 0.1) is 10.4 Å². The number of anilines is 1. The summed E-state index contributed by atoms with van der Waals surface area (Å²) in [6.07, 6.45) is 2.54. The number of carbonyl (C=O) groups excluding carboxylic acids is 1. The van der Waals surface area contributed by atoms with Gasteiger partial charge in [0, 0.05) is 5.69 Å². The minimum atomic E-state index is -0.613. The van der Waals surface area contributed by atoms with E-state index in [9.17, 15) is 4.79 Å². The van der Waals surface area contributed by atoms with Crippen LogP contribution in [-0.2, 0) is 4.79 Å². The third-order valence-corrected chi connectivity index (χ3v) is 3.90. The van der Waals surface area contributed by atoms with Crippen LogP contribution in [0, 0.1) is 12.3 Å². The summed E-state index contributed by atoms with van der Waals surface area (Å²) in [5, 5.41) is 2.93. The number of benzene rings is 1. The maximum absolute atomic E-state index is 12.2. The summed E-state index contributed by atoms with van der Waals surface area (Å²) in [4.78, 5) is 12.5. The number of thiocarbonyl (C=S) groups is 1. The molecular formula is C13H16N2OS. The first-order chi connectivity index (χ1) is 8.06. The van der Waals surface area contributed by atoms with Crippen LogP contribution in [0.1, 0.15) is 24.8 Å². The largest absolute Gasteiger partial charge is 0.392 e. The van der Waals surface area contributed by atoms with Gasteiger partial charge in [-0.1, -0.05) is 36.8 Å².